The van der Waals surface area contributed by atoms with Crippen molar-refractivity contribution in [3.05, 3.63) is 35.4 Å². The van der Waals surface area contributed by atoms with Crippen molar-refractivity contribution in [3.63, 3.8) is 0 Å². The molecule has 1 aliphatic rings. The minimum absolute atomic E-state index is 0.0339. The Bertz CT molecular complexity index is 659. The maximum atomic E-state index is 5.88. The third-order valence-corrected chi connectivity index (χ3v) is 3.72. The topological polar surface area (TPSA) is 69.9 Å². The number of aryl methyl sites for hydroxylation is 1. The third kappa shape index (κ3) is 3.46. The number of aromatic nitrogens is 2. The van der Waals surface area contributed by atoms with Crippen molar-refractivity contribution in [1.82, 2.24) is 9.97 Å². The number of morpholine rings is 1. The van der Waals surface area contributed by atoms with Gasteiger partial charge in [-0.1, -0.05) is 0 Å². The zero-order chi connectivity index (χ0) is 16.2. The summed E-state index contributed by atoms with van der Waals surface area (Å²) in [6.45, 7) is 4.30. The number of anilines is 1. The number of methoxy groups -OCH3 is 2. The lowest BCUT2D eigenvalue weighted by atomic mass is 10.1. The monoisotopic (exact) mass is 319 g/mol. The molecule has 3 rings (SSSR count). The van der Waals surface area contributed by atoms with Crippen LogP contribution < -0.4 is 9.64 Å². The highest BCUT2D eigenvalue weighted by molar-refractivity contribution is 5.44. The lowest BCUT2D eigenvalue weighted by molar-refractivity contribution is 0.0852. The zero-order valence-electron chi connectivity index (χ0n) is 13.6. The number of nitrogens with zero attached hydrogens (tertiary/aromatic N) is 3. The molecule has 0 saturated carbocycles. The van der Waals surface area contributed by atoms with E-state index in [2.05, 4.69) is 14.9 Å². The molecule has 0 radical (unpaired) electrons. The summed E-state index contributed by atoms with van der Waals surface area (Å²) in [6.07, 6.45) is 0. The van der Waals surface area contributed by atoms with E-state index in [1.807, 2.05) is 25.1 Å². The predicted octanol–water partition coefficient (Wildman–Crippen LogP) is 2.11. The van der Waals surface area contributed by atoms with E-state index in [0.717, 1.165) is 29.6 Å². The van der Waals surface area contributed by atoms with E-state index in [-0.39, 0.29) is 6.04 Å². The first-order valence-electron chi connectivity index (χ1n) is 7.53. The summed E-state index contributed by atoms with van der Waals surface area (Å²) in [4.78, 5) is 10.9. The van der Waals surface area contributed by atoms with Crippen molar-refractivity contribution in [3.8, 4) is 6.01 Å². The minimum atomic E-state index is -0.0339. The van der Waals surface area contributed by atoms with Gasteiger partial charge in [0.1, 0.15) is 30.0 Å². The van der Waals surface area contributed by atoms with Gasteiger partial charge >= 0.3 is 6.01 Å². The number of rotatable bonds is 5. The van der Waals surface area contributed by atoms with Gasteiger partial charge in [-0.3, -0.25) is 0 Å². The number of ether oxygens (including phenoxy) is 3. The van der Waals surface area contributed by atoms with Gasteiger partial charge < -0.3 is 23.5 Å². The largest absolute Gasteiger partial charge is 0.467 e. The number of furan rings is 1. The molecular weight excluding hydrogens is 298 g/mol. The molecule has 0 aromatic carbocycles. The first-order chi connectivity index (χ1) is 11.2. The van der Waals surface area contributed by atoms with E-state index < -0.39 is 0 Å². The van der Waals surface area contributed by atoms with Crippen LogP contribution in [0.5, 0.6) is 6.01 Å². The van der Waals surface area contributed by atoms with Crippen LogP contribution in [-0.2, 0) is 16.1 Å². The quantitative estimate of drug-likeness (QED) is 0.836. The maximum Gasteiger partial charge on any atom is 0.318 e. The van der Waals surface area contributed by atoms with E-state index in [1.165, 1.54) is 0 Å². The Hall–Kier alpha value is -2.12. The van der Waals surface area contributed by atoms with Gasteiger partial charge in [0.25, 0.3) is 0 Å². The van der Waals surface area contributed by atoms with Crippen LogP contribution in [0.4, 0.5) is 5.82 Å². The van der Waals surface area contributed by atoms with E-state index >= 15 is 0 Å². The predicted molar refractivity (Wildman–Crippen MR) is 83.6 cm³/mol. The normalized spacial score (nSPS) is 18.2. The van der Waals surface area contributed by atoms with Crippen LogP contribution in [-0.4, -0.2) is 43.9 Å². The van der Waals surface area contributed by atoms with Gasteiger partial charge in [-0.25, -0.2) is 4.98 Å². The van der Waals surface area contributed by atoms with Crippen LogP contribution in [0, 0.1) is 6.92 Å². The minimum Gasteiger partial charge on any atom is -0.467 e. The van der Waals surface area contributed by atoms with Crippen molar-refractivity contribution in [2.75, 3.05) is 38.9 Å². The van der Waals surface area contributed by atoms with E-state index in [1.54, 1.807) is 14.2 Å². The highest BCUT2D eigenvalue weighted by Crippen LogP contribution is 2.31. The average molecular weight is 319 g/mol. The molecule has 3 heterocycles. The first kappa shape index (κ1) is 15.8. The summed E-state index contributed by atoms with van der Waals surface area (Å²) in [5.41, 5.74) is 0.858. The Kier molecular flexibility index (Phi) is 4.78. The Balaban J connectivity index is 1.90. The van der Waals surface area contributed by atoms with Crippen LogP contribution >= 0.6 is 0 Å². The van der Waals surface area contributed by atoms with Crippen LogP contribution in [0.15, 0.2) is 22.6 Å². The second-order valence-corrected chi connectivity index (χ2v) is 5.38. The molecular formula is C16H21N3O4. The molecule has 2 aromatic heterocycles. The summed E-state index contributed by atoms with van der Waals surface area (Å²) in [5.74, 6) is 2.45. The smallest absolute Gasteiger partial charge is 0.318 e. The molecule has 0 bridgehead atoms. The molecule has 7 nitrogen and oxygen atoms in total. The van der Waals surface area contributed by atoms with Gasteiger partial charge in [-0.05, 0) is 19.1 Å². The van der Waals surface area contributed by atoms with Gasteiger partial charge in [0.2, 0.25) is 0 Å². The summed E-state index contributed by atoms with van der Waals surface area (Å²) in [6, 6.07) is 6.17. The fourth-order valence-corrected chi connectivity index (χ4v) is 2.67. The van der Waals surface area contributed by atoms with Crippen molar-refractivity contribution in [2.45, 2.75) is 19.6 Å². The van der Waals surface area contributed by atoms with E-state index in [4.69, 9.17) is 18.6 Å². The summed E-state index contributed by atoms with van der Waals surface area (Å²) in [5, 5.41) is 0. The Morgan fingerprint density at radius 2 is 2.17 bits per heavy atom. The third-order valence-electron chi connectivity index (χ3n) is 3.72. The first-order valence-corrected chi connectivity index (χ1v) is 7.53. The highest BCUT2D eigenvalue weighted by atomic mass is 16.5. The summed E-state index contributed by atoms with van der Waals surface area (Å²) >= 11 is 0. The molecule has 23 heavy (non-hydrogen) atoms. The molecule has 0 aliphatic carbocycles. The zero-order valence-corrected chi connectivity index (χ0v) is 13.6. The van der Waals surface area contributed by atoms with Gasteiger partial charge in [0.05, 0.1) is 20.3 Å². The molecule has 0 amide bonds. The van der Waals surface area contributed by atoms with E-state index in [9.17, 15) is 0 Å². The van der Waals surface area contributed by atoms with Crippen LogP contribution in [0.1, 0.15) is 23.3 Å². The Labute approximate surface area is 135 Å². The fraction of sp³-hybridized carbons (Fsp3) is 0.500. The van der Waals surface area contributed by atoms with Crippen molar-refractivity contribution in [1.29, 1.82) is 0 Å². The number of hydrogen-bond donors (Lipinski definition) is 0. The van der Waals surface area contributed by atoms with Gasteiger partial charge in [-0.15, -0.1) is 0 Å². The lowest BCUT2D eigenvalue weighted by Crippen LogP contribution is -2.40. The second kappa shape index (κ2) is 6.97. The van der Waals surface area contributed by atoms with E-state index in [0.29, 0.717) is 25.8 Å². The Morgan fingerprint density at radius 3 is 2.96 bits per heavy atom. The molecule has 1 aliphatic heterocycles. The fourth-order valence-electron chi connectivity index (χ4n) is 2.67. The van der Waals surface area contributed by atoms with Gasteiger partial charge in [-0.2, -0.15) is 4.98 Å². The molecule has 0 spiro atoms. The molecule has 1 unspecified atom stereocenters. The molecule has 7 heteroatoms. The van der Waals surface area contributed by atoms with Crippen LogP contribution in [0.3, 0.4) is 0 Å². The van der Waals surface area contributed by atoms with Crippen LogP contribution in [0.2, 0.25) is 0 Å². The molecule has 0 N–H and O–H groups in total. The second-order valence-electron chi connectivity index (χ2n) is 5.38. The molecule has 124 valence electrons. The molecule has 1 fully saturated rings. The maximum absolute atomic E-state index is 5.88. The molecule has 1 atom stereocenters. The van der Waals surface area contributed by atoms with Crippen LogP contribution in [0.25, 0.3) is 0 Å². The van der Waals surface area contributed by atoms with Crippen molar-refractivity contribution < 1.29 is 18.6 Å². The van der Waals surface area contributed by atoms with Gasteiger partial charge in [0, 0.05) is 25.4 Å². The Morgan fingerprint density at radius 1 is 1.30 bits per heavy atom. The summed E-state index contributed by atoms with van der Waals surface area (Å²) in [7, 11) is 3.22. The SMILES string of the molecule is COCc1ccc(C2COCCN2c2cc(C)nc(OC)n2)o1. The highest BCUT2D eigenvalue weighted by Gasteiger charge is 2.29. The van der Waals surface area contributed by atoms with Gasteiger partial charge in [0.15, 0.2) is 0 Å². The lowest BCUT2D eigenvalue weighted by Gasteiger charge is -2.35. The van der Waals surface area contributed by atoms with Crippen molar-refractivity contribution in [2.24, 2.45) is 0 Å². The molecule has 1 saturated heterocycles. The summed E-state index contributed by atoms with van der Waals surface area (Å²) < 4.78 is 21.8. The number of hydrogen-bond acceptors (Lipinski definition) is 7. The average Bonchev–Trinajstić information content (AvgIpc) is 3.03. The van der Waals surface area contributed by atoms with Crippen molar-refractivity contribution >= 4 is 5.82 Å². The molecule has 2 aromatic rings. The standard InChI is InChI=1S/C16H21N3O4/c1-11-8-15(18-16(17-11)21-3)19-6-7-22-10-13(19)14-5-4-12(23-14)9-20-2/h4-5,8,13H,6-7,9-10H2,1-3H3.